The molecule has 0 aliphatic carbocycles. The molecule has 2 aromatic rings. The molecule has 2 N–H and O–H groups in total. The molecular formula is C17H17ClN4O3S. The molecule has 26 heavy (non-hydrogen) atoms. The predicted octanol–water partition coefficient (Wildman–Crippen LogP) is 3.65. The van der Waals surface area contributed by atoms with E-state index in [1.807, 2.05) is 24.3 Å². The van der Waals surface area contributed by atoms with E-state index in [2.05, 4.69) is 15.8 Å². The quantitative estimate of drug-likeness (QED) is 0.337. The van der Waals surface area contributed by atoms with Gasteiger partial charge in [0.05, 0.1) is 17.7 Å². The Kier molecular flexibility index (Phi) is 6.88. The van der Waals surface area contributed by atoms with Crippen molar-refractivity contribution in [2.75, 3.05) is 7.11 Å². The first-order valence-corrected chi connectivity index (χ1v) is 8.34. The van der Waals surface area contributed by atoms with Crippen LogP contribution in [0.1, 0.15) is 18.1 Å². The molecule has 2 rings (SSSR count). The molecule has 0 spiro atoms. The normalized spacial score (nSPS) is 11.0. The topological polar surface area (TPSA) is 88.8 Å². The largest absolute Gasteiger partial charge is 0.497 e. The Hall–Kier alpha value is -2.71. The summed E-state index contributed by atoms with van der Waals surface area (Å²) >= 11 is 11.0. The standard InChI is InChI=1S/C17H17ClN4O3S/c1-11(13-5-8-15(18)16(9-13)22(23)24)20-21-17(26)19-10-12-3-6-14(25-2)7-4-12/h3-9H,10H2,1-2H3,(H2,19,21,26)/b20-11-. The van der Waals surface area contributed by atoms with Crippen molar-refractivity contribution in [3.63, 3.8) is 0 Å². The number of hydrazone groups is 1. The first-order chi connectivity index (χ1) is 12.4. The Morgan fingerprint density at radius 1 is 1.31 bits per heavy atom. The monoisotopic (exact) mass is 392 g/mol. The molecule has 0 unspecified atom stereocenters. The molecule has 0 amide bonds. The molecule has 0 aromatic heterocycles. The number of thiocarbonyl (C=S) groups is 1. The first-order valence-electron chi connectivity index (χ1n) is 7.56. The van der Waals surface area contributed by atoms with Gasteiger partial charge < -0.3 is 10.1 Å². The molecule has 0 saturated carbocycles. The Morgan fingerprint density at radius 2 is 2.00 bits per heavy atom. The van der Waals surface area contributed by atoms with Crippen molar-refractivity contribution < 1.29 is 9.66 Å². The van der Waals surface area contributed by atoms with Crippen LogP contribution < -0.4 is 15.5 Å². The van der Waals surface area contributed by atoms with E-state index in [9.17, 15) is 10.1 Å². The van der Waals surface area contributed by atoms with Gasteiger partial charge in [-0.15, -0.1) is 0 Å². The number of benzene rings is 2. The molecule has 0 saturated heterocycles. The number of ether oxygens (including phenoxy) is 1. The maximum absolute atomic E-state index is 10.9. The molecular weight excluding hydrogens is 376 g/mol. The number of methoxy groups -OCH3 is 1. The maximum atomic E-state index is 10.9. The van der Waals surface area contributed by atoms with Crippen molar-refractivity contribution in [2.45, 2.75) is 13.5 Å². The molecule has 0 bridgehead atoms. The lowest BCUT2D eigenvalue weighted by atomic mass is 10.1. The van der Waals surface area contributed by atoms with E-state index in [-0.39, 0.29) is 10.7 Å². The van der Waals surface area contributed by atoms with Gasteiger partial charge in [0, 0.05) is 18.2 Å². The summed E-state index contributed by atoms with van der Waals surface area (Å²) < 4.78 is 5.11. The highest BCUT2D eigenvalue weighted by atomic mass is 35.5. The average molecular weight is 393 g/mol. The number of nitro benzene ring substituents is 1. The Labute approximate surface area is 161 Å². The van der Waals surface area contributed by atoms with Crippen LogP contribution in [0.4, 0.5) is 5.69 Å². The Morgan fingerprint density at radius 3 is 2.62 bits per heavy atom. The average Bonchev–Trinajstić information content (AvgIpc) is 2.64. The zero-order valence-corrected chi connectivity index (χ0v) is 15.7. The van der Waals surface area contributed by atoms with Gasteiger partial charge in [-0.25, -0.2) is 0 Å². The van der Waals surface area contributed by atoms with Crippen molar-refractivity contribution in [1.29, 1.82) is 0 Å². The summed E-state index contributed by atoms with van der Waals surface area (Å²) in [6.45, 7) is 2.24. The highest BCUT2D eigenvalue weighted by Crippen LogP contribution is 2.25. The first kappa shape index (κ1) is 19.6. The van der Waals surface area contributed by atoms with Gasteiger partial charge in [-0.2, -0.15) is 5.10 Å². The SMILES string of the molecule is COc1ccc(CNC(=S)N/N=C(/C)c2ccc(Cl)c([N+](=O)[O-])c2)cc1. The number of nitro groups is 1. The van der Waals surface area contributed by atoms with Gasteiger partial charge in [0.1, 0.15) is 10.8 Å². The van der Waals surface area contributed by atoms with Crippen LogP contribution in [0.3, 0.4) is 0 Å². The number of nitrogens with one attached hydrogen (secondary N) is 2. The summed E-state index contributed by atoms with van der Waals surface area (Å²) in [5, 5.41) is 18.5. The van der Waals surface area contributed by atoms with E-state index >= 15 is 0 Å². The summed E-state index contributed by atoms with van der Waals surface area (Å²) in [5.41, 5.74) is 4.70. The Bertz CT molecular complexity index is 840. The van der Waals surface area contributed by atoms with Crippen LogP contribution in [0.25, 0.3) is 0 Å². The molecule has 2 aromatic carbocycles. The summed E-state index contributed by atoms with van der Waals surface area (Å²) in [6.07, 6.45) is 0. The van der Waals surface area contributed by atoms with Crippen molar-refractivity contribution in [3.05, 3.63) is 68.7 Å². The fourth-order valence-electron chi connectivity index (χ4n) is 2.04. The highest BCUT2D eigenvalue weighted by molar-refractivity contribution is 7.80. The minimum Gasteiger partial charge on any atom is -0.497 e. The van der Waals surface area contributed by atoms with Gasteiger partial charge in [-0.3, -0.25) is 15.5 Å². The van der Waals surface area contributed by atoms with Crippen molar-refractivity contribution >= 4 is 40.3 Å². The fraction of sp³-hybridized carbons (Fsp3) is 0.176. The van der Waals surface area contributed by atoms with Crippen LogP contribution in [0.2, 0.25) is 5.02 Å². The number of halogens is 1. The van der Waals surface area contributed by atoms with E-state index in [4.69, 9.17) is 28.6 Å². The third-order valence-electron chi connectivity index (χ3n) is 3.50. The van der Waals surface area contributed by atoms with Crippen molar-refractivity contribution in [2.24, 2.45) is 5.10 Å². The van der Waals surface area contributed by atoms with Crippen LogP contribution in [0.15, 0.2) is 47.6 Å². The summed E-state index contributed by atoms with van der Waals surface area (Å²) in [5.74, 6) is 0.784. The van der Waals surface area contributed by atoms with E-state index < -0.39 is 4.92 Å². The summed E-state index contributed by atoms with van der Waals surface area (Å²) in [7, 11) is 1.61. The van der Waals surface area contributed by atoms with E-state index in [1.54, 1.807) is 20.1 Å². The van der Waals surface area contributed by atoms with Gasteiger partial charge in [-0.1, -0.05) is 29.8 Å². The maximum Gasteiger partial charge on any atom is 0.288 e. The second kappa shape index (κ2) is 9.12. The number of nitrogens with zero attached hydrogens (tertiary/aromatic N) is 2. The molecule has 0 aliphatic rings. The lowest BCUT2D eigenvalue weighted by Crippen LogP contribution is -2.32. The van der Waals surface area contributed by atoms with Crippen LogP contribution >= 0.6 is 23.8 Å². The Balaban J connectivity index is 1.94. The zero-order valence-electron chi connectivity index (χ0n) is 14.2. The van der Waals surface area contributed by atoms with Gasteiger partial charge in [0.25, 0.3) is 5.69 Å². The summed E-state index contributed by atoms with van der Waals surface area (Å²) in [6, 6.07) is 12.1. The van der Waals surface area contributed by atoms with E-state index in [1.165, 1.54) is 12.1 Å². The lowest BCUT2D eigenvalue weighted by Gasteiger charge is -2.09. The molecule has 7 nitrogen and oxygen atoms in total. The minimum atomic E-state index is -0.534. The van der Waals surface area contributed by atoms with Gasteiger partial charge in [0.15, 0.2) is 5.11 Å². The van der Waals surface area contributed by atoms with Crippen LogP contribution in [0.5, 0.6) is 5.75 Å². The third kappa shape index (κ3) is 5.40. The molecule has 0 heterocycles. The second-order valence-corrected chi connectivity index (χ2v) is 6.08. The molecule has 136 valence electrons. The third-order valence-corrected chi connectivity index (χ3v) is 4.05. The lowest BCUT2D eigenvalue weighted by molar-refractivity contribution is -0.384. The summed E-state index contributed by atoms with van der Waals surface area (Å²) in [4.78, 5) is 10.4. The van der Waals surface area contributed by atoms with E-state index in [0.29, 0.717) is 22.9 Å². The second-order valence-electron chi connectivity index (χ2n) is 5.26. The van der Waals surface area contributed by atoms with E-state index in [0.717, 1.165) is 11.3 Å². The van der Waals surface area contributed by atoms with Gasteiger partial charge in [0.2, 0.25) is 0 Å². The van der Waals surface area contributed by atoms with Gasteiger partial charge >= 0.3 is 0 Å². The molecule has 0 radical (unpaired) electrons. The smallest absolute Gasteiger partial charge is 0.288 e. The molecule has 0 fully saturated rings. The molecule has 0 aliphatic heterocycles. The zero-order chi connectivity index (χ0) is 19.1. The van der Waals surface area contributed by atoms with Crippen LogP contribution in [-0.2, 0) is 6.54 Å². The molecule has 0 atom stereocenters. The van der Waals surface area contributed by atoms with Crippen LogP contribution in [-0.4, -0.2) is 22.9 Å². The minimum absolute atomic E-state index is 0.0798. The van der Waals surface area contributed by atoms with Gasteiger partial charge in [-0.05, 0) is 42.9 Å². The van der Waals surface area contributed by atoms with Crippen molar-refractivity contribution in [1.82, 2.24) is 10.7 Å². The number of hydrogen-bond acceptors (Lipinski definition) is 5. The number of rotatable bonds is 6. The molecule has 9 heteroatoms. The number of hydrogen-bond donors (Lipinski definition) is 2. The van der Waals surface area contributed by atoms with Crippen LogP contribution in [0, 0.1) is 10.1 Å². The highest BCUT2D eigenvalue weighted by Gasteiger charge is 2.13. The fourth-order valence-corrected chi connectivity index (χ4v) is 2.35. The predicted molar refractivity (Wildman–Crippen MR) is 106 cm³/mol. The van der Waals surface area contributed by atoms with Crippen molar-refractivity contribution in [3.8, 4) is 5.75 Å².